The third-order valence-electron chi connectivity index (χ3n) is 4.10. The Labute approximate surface area is 126 Å². The molecule has 1 aromatic heterocycles. The molecule has 0 bridgehead atoms. The van der Waals surface area contributed by atoms with Crippen molar-refractivity contribution in [1.82, 2.24) is 4.98 Å². The van der Waals surface area contributed by atoms with Crippen molar-refractivity contribution in [2.45, 2.75) is 44.8 Å². The first-order valence-electron chi connectivity index (χ1n) is 7.60. The Balaban J connectivity index is 1.84. The second-order valence-corrected chi connectivity index (χ2v) is 5.99. The van der Waals surface area contributed by atoms with Gasteiger partial charge >= 0.3 is 0 Å². The first-order chi connectivity index (χ1) is 10.1. The minimum Gasteiger partial charge on any atom is -0.489 e. The fourth-order valence-corrected chi connectivity index (χ4v) is 3.15. The highest BCUT2D eigenvalue weighted by atomic mass is 16.5. The molecule has 2 aromatic rings. The number of aromatic nitrogens is 1. The highest BCUT2D eigenvalue weighted by Crippen LogP contribution is 2.40. The Hall–Kier alpha value is -1.87. The van der Waals surface area contributed by atoms with Crippen molar-refractivity contribution in [3.05, 3.63) is 59.4 Å². The maximum absolute atomic E-state index is 6.52. The SMILES string of the molecule is CC(C)Oc1cncc(C(N)C2CCc3ccccc32)c1. The third kappa shape index (κ3) is 2.93. The summed E-state index contributed by atoms with van der Waals surface area (Å²) in [7, 11) is 0. The summed E-state index contributed by atoms with van der Waals surface area (Å²) in [5.41, 5.74) is 10.4. The molecule has 3 rings (SSSR count). The lowest BCUT2D eigenvalue weighted by molar-refractivity contribution is 0.241. The van der Waals surface area contributed by atoms with E-state index in [9.17, 15) is 0 Å². The Morgan fingerprint density at radius 2 is 2.05 bits per heavy atom. The van der Waals surface area contributed by atoms with E-state index >= 15 is 0 Å². The number of aryl methyl sites for hydroxylation is 1. The molecule has 0 spiro atoms. The van der Waals surface area contributed by atoms with Gasteiger partial charge in [-0.3, -0.25) is 4.98 Å². The fraction of sp³-hybridized carbons (Fsp3) is 0.389. The zero-order valence-corrected chi connectivity index (χ0v) is 12.6. The van der Waals surface area contributed by atoms with Crippen LogP contribution in [-0.2, 0) is 6.42 Å². The highest BCUT2D eigenvalue weighted by molar-refractivity contribution is 5.38. The molecule has 2 N–H and O–H groups in total. The maximum atomic E-state index is 6.52. The Morgan fingerprint density at radius 3 is 2.86 bits per heavy atom. The van der Waals surface area contributed by atoms with Gasteiger partial charge in [0.25, 0.3) is 0 Å². The summed E-state index contributed by atoms with van der Waals surface area (Å²) in [4.78, 5) is 4.28. The molecule has 1 aliphatic carbocycles. The Bertz CT molecular complexity index is 624. The predicted octanol–water partition coefficient (Wildman–Crippen LogP) is 3.60. The average molecular weight is 282 g/mol. The van der Waals surface area contributed by atoms with Gasteiger partial charge in [0.05, 0.1) is 12.3 Å². The maximum Gasteiger partial charge on any atom is 0.138 e. The highest BCUT2D eigenvalue weighted by Gasteiger charge is 2.28. The number of rotatable bonds is 4. The largest absolute Gasteiger partial charge is 0.489 e. The molecular formula is C18H22N2O. The van der Waals surface area contributed by atoms with E-state index in [1.54, 1.807) is 6.20 Å². The van der Waals surface area contributed by atoms with E-state index in [1.807, 2.05) is 26.1 Å². The molecule has 2 atom stereocenters. The van der Waals surface area contributed by atoms with Crippen LogP contribution in [0.4, 0.5) is 0 Å². The molecule has 0 amide bonds. The molecular weight excluding hydrogens is 260 g/mol. The van der Waals surface area contributed by atoms with Gasteiger partial charge in [0.2, 0.25) is 0 Å². The second-order valence-electron chi connectivity index (χ2n) is 5.99. The normalized spacial score (nSPS) is 18.6. The molecule has 0 radical (unpaired) electrons. The van der Waals surface area contributed by atoms with E-state index in [2.05, 4.69) is 29.2 Å². The Kier molecular flexibility index (Phi) is 3.93. The van der Waals surface area contributed by atoms with Crippen molar-refractivity contribution in [3.63, 3.8) is 0 Å². The van der Waals surface area contributed by atoms with E-state index < -0.39 is 0 Å². The van der Waals surface area contributed by atoms with Crippen LogP contribution in [0.15, 0.2) is 42.7 Å². The molecule has 2 unspecified atom stereocenters. The molecule has 3 heteroatoms. The fourth-order valence-electron chi connectivity index (χ4n) is 3.15. The van der Waals surface area contributed by atoms with Gasteiger partial charge in [0.15, 0.2) is 0 Å². The monoisotopic (exact) mass is 282 g/mol. The number of fused-ring (bicyclic) bond motifs is 1. The third-order valence-corrected chi connectivity index (χ3v) is 4.10. The van der Waals surface area contributed by atoms with Gasteiger partial charge < -0.3 is 10.5 Å². The average Bonchev–Trinajstić information content (AvgIpc) is 2.90. The molecule has 0 aliphatic heterocycles. The van der Waals surface area contributed by atoms with Gasteiger partial charge in [-0.25, -0.2) is 0 Å². The van der Waals surface area contributed by atoms with Crippen LogP contribution in [0, 0.1) is 0 Å². The summed E-state index contributed by atoms with van der Waals surface area (Å²) in [5, 5.41) is 0. The van der Waals surface area contributed by atoms with E-state index in [-0.39, 0.29) is 12.1 Å². The van der Waals surface area contributed by atoms with E-state index in [4.69, 9.17) is 10.5 Å². The first kappa shape index (κ1) is 14.1. The van der Waals surface area contributed by atoms with E-state index in [0.717, 1.165) is 24.2 Å². The van der Waals surface area contributed by atoms with Crippen LogP contribution < -0.4 is 10.5 Å². The number of pyridine rings is 1. The molecule has 0 saturated carbocycles. The lowest BCUT2D eigenvalue weighted by Gasteiger charge is -2.21. The van der Waals surface area contributed by atoms with Gasteiger partial charge in [-0.2, -0.15) is 0 Å². The van der Waals surface area contributed by atoms with Gasteiger partial charge in [-0.05, 0) is 49.4 Å². The molecule has 110 valence electrons. The van der Waals surface area contributed by atoms with Crippen LogP contribution in [0.25, 0.3) is 0 Å². The van der Waals surface area contributed by atoms with Crippen LogP contribution in [-0.4, -0.2) is 11.1 Å². The molecule has 1 aromatic carbocycles. The first-order valence-corrected chi connectivity index (χ1v) is 7.60. The second kappa shape index (κ2) is 5.86. The van der Waals surface area contributed by atoms with Gasteiger partial charge in [-0.1, -0.05) is 24.3 Å². The van der Waals surface area contributed by atoms with Crippen molar-refractivity contribution < 1.29 is 4.74 Å². The molecule has 0 saturated heterocycles. The lowest BCUT2D eigenvalue weighted by atomic mass is 9.89. The van der Waals surface area contributed by atoms with Crippen molar-refractivity contribution >= 4 is 0 Å². The zero-order valence-electron chi connectivity index (χ0n) is 12.6. The molecule has 1 heterocycles. The minimum atomic E-state index is -0.0307. The van der Waals surface area contributed by atoms with Gasteiger partial charge in [0, 0.05) is 18.2 Å². The van der Waals surface area contributed by atoms with Gasteiger partial charge in [-0.15, -0.1) is 0 Å². The smallest absolute Gasteiger partial charge is 0.138 e. The minimum absolute atomic E-state index is 0.0307. The lowest BCUT2D eigenvalue weighted by Crippen LogP contribution is -2.18. The zero-order chi connectivity index (χ0) is 14.8. The quantitative estimate of drug-likeness (QED) is 0.932. The number of hydrogen-bond donors (Lipinski definition) is 1. The Morgan fingerprint density at radius 1 is 1.24 bits per heavy atom. The molecule has 21 heavy (non-hydrogen) atoms. The molecule has 3 nitrogen and oxygen atoms in total. The van der Waals surface area contributed by atoms with E-state index in [0.29, 0.717) is 5.92 Å². The van der Waals surface area contributed by atoms with Crippen LogP contribution in [0.1, 0.15) is 48.9 Å². The molecule has 1 aliphatic rings. The molecule has 0 fully saturated rings. The predicted molar refractivity (Wildman–Crippen MR) is 84.4 cm³/mol. The topological polar surface area (TPSA) is 48.1 Å². The summed E-state index contributed by atoms with van der Waals surface area (Å²) in [6.07, 6.45) is 5.97. The van der Waals surface area contributed by atoms with Crippen LogP contribution in [0.3, 0.4) is 0 Å². The number of benzene rings is 1. The summed E-state index contributed by atoms with van der Waals surface area (Å²) in [6, 6.07) is 10.6. The van der Waals surface area contributed by atoms with Crippen molar-refractivity contribution in [2.75, 3.05) is 0 Å². The van der Waals surface area contributed by atoms with Gasteiger partial charge in [0.1, 0.15) is 5.75 Å². The standard InChI is InChI=1S/C18H22N2O/c1-12(2)21-15-9-14(10-20-11-15)18(19)17-8-7-13-5-3-4-6-16(13)17/h3-6,9-12,17-18H,7-8,19H2,1-2H3. The summed E-state index contributed by atoms with van der Waals surface area (Å²) < 4.78 is 5.72. The summed E-state index contributed by atoms with van der Waals surface area (Å²) >= 11 is 0. The van der Waals surface area contributed by atoms with Crippen LogP contribution in [0.2, 0.25) is 0 Å². The number of nitrogens with two attached hydrogens (primary N) is 1. The summed E-state index contributed by atoms with van der Waals surface area (Å²) in [6.45, 7) is 4.03. The van der Waals surface area contributed by atoms with Crippen LogP contribution in [0.5, 0.6) is 5.75 Å². The number of ether oxygens (including phenoxy) is 1. The number of hydrogen-bond acceptors (Lipinski definition) is 3. The number of nitrogens with zero attached hydrogens (tertiary/aromatic N) is 1. The van der Waals surface area contributed by atoms with Crippen molar-refractivity contribution in [3.8, 4) is 5.75 Å². The van der Waals surface area contributed by atoms with E-state index in [1.165, 1.54) is 11.1 Å². The summed E-state index contributed by atoms with van der Waals surface area (Å²) in [5.74, 6) is 1.17. The van der Waals surface area contributed by atoms with Crippen molar-refractivity contribution in [1.29, 1.82) is 0 Å². The van der Waals surface area contributed by atoms with Crippen molar-refractivity contribution in [2.24, 2.45) is 5.73 Å². The van der Waals surface area contributed by atoms with Crippen LogP contribution >= 0.6 is 0 Å².